The van der Waals surface area contributed by atoms with Gasteiger partial charge in [-0.1, -0.05) is 24.3 Å². The number of hydrogen-bond donors (Lipinski definition) is 0. The molecule has 0 aromatic carbocycles. The van der Waals surface area contributed by atoms with Crippen molar-refractivity contribution in [2.45, 2.75) is 33.1 Å². The molecule has 0 radical (unpaired) electrons. The first-order valence-corrected chi connectivity index (χ1v) is 7.79. The smallest absolute Gasteiger partial charge is 0.213 e. The average Bonchev–Trinajstić information content (AvgIpc) is 2.48. The Labute approximate surface area is 128 Å². The summed E-state index contributed by atoms with van der Waals surface area (Å²) < 4.78 is 5.68. The summed E-state index contributed by atoms with van der Waals surface area (Å²) in [7, 11) is 0. The highest BCUT2D eigenvalue weighted by Crippen LogP contribution is 2.18. The predicted molar refractivity (Wildman–Crippen MR) is 87.7 cm³/mol. The molecule has 2 rings (SSSR count). The van der Waals surface area contributed by atoms with Crippen LogP contribution in [0.2, 0.25) is 0 Å². The zero-order valence-corrected chi connectivity index (χ0v) is 13.3. The van der Waals surface area contributed by atoms with Gasteiger partial charge in [0.05, 0.1) is 6.61 Å². The van der Waals surface area contributed by atoms with Crippen LogP contribution in [0.5, 0.6) is 5.88 Å². The lowest BCUT2D eigenvalue weighted by molar-refractivity contribution is 0.254. The van der Waals surface area contributed by atoms with Gasteiger partial charge in [-0.3, -0.25) is 4.90 Å². The minimum Gasteiger partial charge on any atom is -0.478 e. The Hall–Kier alpha value is -1.61. The van der Waals surface area contributed by atoms with Gasteiger partial charge in [0.2, 0.25) is 5.88 Å². The Kier molecular flexibility index (Phi) is 6.00. The molecule has 0 fully saturated rings. The van der Waals surface area contributed by atoms with Crippen LogP contribution in [-0.2, 0) is 0 Å². The van der Waals surface area contributed by atoms with Crippen LogP contribution in [-0.4, -0.2) is 36.1 Å². The van der Waals surface area contributed by atoms with Crippen LogP contribution >= 0.6 is 0 Å². The SMILES string of the molecule is C=CC1=C(C)CCN(CCCCOc2cccc(C)n2)C1. The molecule has 1 aromatic heterocycles. The standard InChI is InChI=1S/C18H26N2O/c1-4-17-14-20(12-10-15(17)2)11-5-6-13-21-18-9-7-8-16(3)19-18/h4,7-9H,1,5-6,10-14H2,2-3H3. The fourth-order valence-corrected chi connectivity index (χ4v) is 2.58. The largest absolute Gasteiger partial charge is 0.478 e. The Morgan fingerprint density at radius 2 is 2.19 bits per heavy atom. The van der Waals surface area contributed by atoms with E-state index in [1.807, 2.05) is 31.2 Å². The lowest BCUT2D eigenvalue weighted by Gasteiger charge is -2.28. The van der Waals surface area contributed by atoms with Gasteiger partial charge in [-0.05, 0) is 51.3 Å². The van der Waals surface area contributed by atoms with Gasteiger partial charge in [-0.15, -0.1) is 0 Å². The second-order valence-electron chi connectivity index (χ2n) is 5.71. The van der Waals surface area contributed by atoms with Crippen molar-refractivity contribution in [2.24, 2.45) is 0 Å². The van der Waals surface area contributed by atoms with Crippen LogP contribution in [0.1, 0.15) is 31.9 Å². The monoisotopic (exact) mass is 286 g/mol. The molecule has 21 heavy (non-hydrogen) atoms. The van der Waals surface area contributed by atoms with E-state index in [0.29, 0.717) is 0 Å². The molecule has 0 amide bonds. The highest BCUT2D eigenvalue weighted by atomic mass is 16.5. The maximum atomic E-state index is 5.68. The molecule has 114 valence electrons. The number of unbranched alkanes of at least 4 members (excludes halogenated alkanes) is 1. The molecule has 1 aliphatic heterocycles. The predicted octanol–water partition coefficient (Wildman–Crippen LogP) is 3.76. The Morgan fingerprint density at radius 3 is 2.95 bits per heavy atom. The summed E-state index contributed by atoms with van der Waals surface area (Å²) in [5.41, 5.74) is 3.90. The maximum Gasteiger partial charge on any atom is 0.213 e. The lowest BCUT2D eigenvalue weighted by Crippen LogP contribution is -2.32. The van der Waals surface area contributed by atoms with Gasteiger partial charge in [-0.2, -0.15) is 0 Å². The third-order valence-corrected chi connectivity index (χ3v) is 3.97. The van der Waals surface area contributed by atoms with E-state index in [-0.39, 0.29) is 0 Å². The summed E-state index contributed by atoms with van der Waals surface area (Å²) in [5.74, 6) is 0.737. The molecule has 2 heterocycles. The van der Waals surface area contributed by atoms with Crippen molar-refractivity contribution in [1.82, 2.24) is 9.88 Å². The van der Waals surface area contributed by atoms with Gasteiger partial charge >= 0.3 is 0 Å². The van der Waals surface area contributed by atoms with Crippen molar-refractivity contribution in [3.8, 4) is 5.88 Å². The van der Waals surface area contributed by atoms with E-state index >= 15 is 0 Å². The van der Waals surface area contributed by atoms with E-state index in [4.69, 9.17) is 4.74 Å². The van der Waals surface area contributed by atoms with E-state index in [2.05, 4.69) is 23.4 Å². The maximum absolute atomic E-state index is 5.68. The summed E-state index contributed by atoms with van der Waals surface area (Å²) in [5, 5.41) is 0. The van der Waals surface area contributed by atoms with Crippen LogP contribution in [0.3, 0.4) is 0 Å². The average molecular weight is 286 g/mol. The van der Waals surface area contributed by atoms with Gasteiger partial charge in [0.1, 0.15) is 0 Å². The topological polar surface area (TPSA) is 25.4 Å². The molecular formula is C18H26N2O. The van der Waals surface area contributed by atoms with Crippen LogP contribution in [0.4, 0.5) is 0 Å². The van der Waals surface area contributed by atoms with E-state index in [1.165, 1.54) is 24.1 Å². The molecule has 0 unspecified atom stereocenters. The van der Waals surface area contributed by atoms with Gasteiger partial charge in [-0.25, -0.2) is 4.98 Å². The molecule has 3 nitrogen and oxygen atoms in total. The number of hydrogen-bond acceptors (Lipinski definition) is 3. The van der Waals surface area contributed by atoms with Gasteiger partial charge in [0.25, 0.3) is 0 Å². The third-order valence-electron chi connectivity index (χ3n) is 3.97. The van der Waals surface area contributed by atoms with Crippen LogP contribution in [0.15, 0.2) is 42.0 Å². The number of pyridine rings is 1. The first-order chi connectivity index (χ1) is 10.2. The molecule has 1 aliphatic rings. The third kappa shape index (κ3) is 5.01. The normalized spacial score (nSPS) is 16.1. The van der Waals surface area contributed by atoms with Gasteiger partial charge in [0.15, 0.2) is 0 Å². The summed E-state index contributed by atoms with van der Waals surface area (Å²) in [6, 6.07) is 5.88. The number of nitrogens with zero attached hydrogens (tertiary/aromatic N) is 2. The first-order valence-electron chi connectivity index (χ1n) is 7.79. The van der Waals surface area contributed by atoms with Crippen LogP contribution in [0.25, 0.3) is 0 Å². The van der Waals surface area contributed by atoms with Crippen LogP contribution in [0, 0.1) is 6.92 Å². The molecule has 3 heteroatoms. The molecule has 0 aliphatic carbocycles. The Morgan fingerprint density at radius 1 is 1.33 bits per heavy atom. The lowest BCUT2D eigenvalue weighted by atomic mass is 10.0. The molecule has 0 spiro atoms. The molecule has 0 N–H and O–H groups in total. The van der Waals surface area contributed by atoms with Crippen molar-refractivity contribution in [3.63, 3.8) is 0 Å². The van der Waals surface area contributed by atoms with Crippen molar-refractivity contribution in [3.05, 3.63) is 47.7 Å². The summed E-state index contributed by atoms with van der Waals surface area (Å²) >= 11 is 0. The molecule has 0 saturated heterocycles. The molecule has 0 atom stereocenters. The van der Waals surface area contributed by atoms with E-state index in [1.54, 1.807) is 0 Å². The number of aryl methyl sites for hydroxylation is 1. The number of aromatic nitrogens is 1. The number of rotatable bonds is 7. The van der Waals surface area contributed by atoms with Crippen LogP contribution < -0.4 is 4.74 Å². The summed E-state index contributed by atoms with van der Waals surface area (Å²) in [6.45, 7) is 12.2. The minimum absolute atomic E-state index is 0.737. The van der Waals surface area contributed by atoms with Crippen molar-refractivity contribution in [1.29, 1.82) is 0 Å². The second-order valence-corrected chi connectivity index (χ2v) is 5.71. The fourth-order valence-electron chi connectivity index (χ4n) is 2.58. The zero-order chi connectivity index (χ0) is 15.1. The van der Waals surface area contributed by atoms with E-state index in [0.717, 1.165) is 44.1 Å². The van der Waals surface area contributed by atoms with Gasteiger partial charge in [0, 0.05) is 24.8 Å². The molecule has 0 saturated carbocycles. The highest BCUT2D eigenvalue weighted by molar-refractivity contribution is 5.26. The quantitative estimate of drug-likeness (QED) is 0.714. The molecular weight excluding hydrogens is 260 g/mol. The number of ether oxygens (including phenoxy) is 1. The molecule has 1 aromatic rings. The second kappa shape index (κ2) is 7.99. The Balaban J connectivity index is 1.63. The molecule has 0 bridgehead atoms. The Bertz CT molecular complexity index is 508. The van der Waals surface area contributed by atoms with E-state index in [9.17, 15) is 0 Å². The van der Waals surface area contributed by atoms with Crippen molar-refractivity contribution >= 4 is 0 Å². The highest BCUT2D eigenvalue weighted by Gasteiger charge is 2.13. The first kappa shape index (κ1) is 15.8. The van der Waals surface area contributed by atoms with Crippen molar-refractivity contribution in [2.75, 3.05) is 26.2 Å². The van der Waals surface area contributed by atoms with Crippen molar-refractivity contribution < 1.29 is 4.74 Å². The van der Waals surface area contributed by atoms with Gasteiger partial charge < -0.3 is 4.74 Å². The minimum atomic E-state index is 0.737. The summed E-state index contributed by atoms with van der Waals surface area (Å²) in [6.07, 6.45) is 5.41. The fraction of sp³-hybridized carbons (Fsp3) is 0.500. The zero-order valence-electron chi connectivity index (χ0n) is 13.3. The summed E-state index contributed by atoms with van der Waals surface area (Å²) in [4.78, 5) is 6.85. The van der Waals surface area contributed by atoms with E-state index < -0.39 is 0 Å².